The van der Waals surface area contributed by atoms with E-state index in [4.69, 9.17) is 13.7 Å². The summed E-state index contributed by atoms with van der Waals surface area (Å²) in [6, 6.07) is 0. The highest BCUT2D eigenvalue weighted by atomic mass is 32.2. The second-order valence-corrected chi connectivity index (χ2v) is 9.95. The zero-order chi connectivity index (χ0) is 18.7. The first-order valence-electron chi connectivity index (χ1n) is 8.45. The van der Waals surface area contributed by atoms with Gasteiger partial charge in [-0.2, -0.15) is 8.42 Å². The van der Waals surface area contributed by atoms with E-state index < -0.39 is 51.0 Å². The van der Waals surface area contributed by atoms with Crippen molar-refractivity contribution in [2.75, 3.05) is 0 Å². The maximum atomic E-state index is 12.3. The van der Waals surface area contributed by atoms with Crippen molar-refractivity contribution in [2.45, 2.75) is 64.1 Å². The summed E-state index contributed by atoms with van der Waals surface area (Å²) in [6.45, 7) is 10.6. The van der Waals surface area contributed by atoms with Gasteiger partial charge in [0.25, 0.3) is 10.1 Å². The number of carbonyl (C=O) groups excluding carboxylic acids is 2. The summed E-state index contributed by atoms with van der Waals surface area (Å²) >= 11 is 0. The van der Waals surface area contributed by atoms with Crippen LogP contribution in [0.2, 0.25) is 0 Å². The first-order chi connectivity index (χ1) is 11.4. The smallest absolute Gasteiger partial charge is 0.347 e. The molecule has 1 heterocycles. The fraction of sp³-hybridized carbons (Fsp3) is 0.765. The summed E-state index contributed by atoms with van der Waals surface area (Å²) in [6.07, 6.45) is -1.17. The SMILES string of the molecule is C=C(C(=O)OC(C)C(=O)OC1C2CC3C1OS(=O)(=O)C3C2)C(C)(C)C. The van der Waals surface area contributed by atoms with Crippen molar-refractivity contribution >= 4 is 22.1 Å². The largest absolute Gasteiger partial charge is 0.457 e. The fourth-order valence-corrected chi connectivity index (χ4v) is 5.74. The van der Waals surface area contributed by atoms with Gasteiger partial charge in [-0.25, -0.2) is 9.59 Å². The summed E-state index contributed by atoms with van der Waals surface area (Å²) in [4.78, 5) is 24.3. The Morgan fingerprint density at radius 3 is 2.48 bits per heavy atom. The van der Waals surface area contributed by atoms with E-state index in [0.717, 1.165) is 0 Å². The number of rotatable bonds is 4. The highest BCUT2D eigenvalue weighted by Crippen LogP contribution is 2.55. The van der Waals surface area contributed by atoms with Gasteiger partial charge in [-0.3, -0.25) is 4.18 Å². The summed E-state index contributed by atoms with van der Waals surface area (Å²) in [5.41, 5.74) is -0.202. The van der Waals surface area contributed by atoms with Crippen LogP contribution in [0.15, 0.2) is 12.2 Å². The zero-order valence-electron chi connectivity index (χ0n) is 14.9. The molecule has 3 fully saturated rings. The van der Waals surface area contributed by atoms with Crippen LogP contribution in [0.1, 0.15) is 40.5 Å². The predicted octanol–water partition coefficient (Wildman–Crippen LogP) is 1.57. The molecule has 25 heavy (non-hydrogen) atoms. The van der Waals surface area contributed by atoms with Gasteiger partial charge >= 0.3 is 11.9 Å². The van der Waals surface area contributed by atoms with Crippen LogP contribution < -0.4 is 0 Å². The quantitative estimate of drug-likeness (QED) is 0.420. The van der Waals surface area contributed by atoms with Crippen LogP contribution in [0.4, 0.5) is 0 Å². The molecule has 0 aromatic rings. The summed E-state index contributed by atoms with van der Waals surface area (Å²) in [5, 5.41) is -0.470. The van der Waals surface area contributed by atoms with Crippen molar-refractivity contribution in [2.24, 2.45) is 17.3 Å². The number of hydrogen-bond donors (Lipinski definition) is 0. The van der Waals surface area contributed by atoms with Gasteiger partial charge in [0.05, 0.1) is 5.25 Å². The van der Waals surface area contributed by atoms with Crippen molar-refractivity contribution in [3.63, 3.8) is 0 Å². The van der Waals surface area contributed by atoms with E-state index in [1.165, 1.54) is 6.92 Å². The van der Waals surface area contributed by atoms with Crippen LogP contribution in [0.25, 0.3) is 0 Å². The Labute approximate surface area is 147 Å². The molecule has 0 aromatic carbocycles. The van der Waals surface area contributed by atoms with Crippen LogP contribution in [0, 0.1) is 17.3 Å². The molecule has 3 aliphatic rings. The maximum absolute atomic E-state index is 12.3. The van der Waals surface area contributed by atoms with Gasteiger partial charge in [0.1, 0.15) is 12.2 Å². The molecule has 0 amide bonds. The molecular formula is C17H24O7S. The molecule has 2 saturated carbocycles. The van der Waals surface area contributed by atoms with Crippen LogP contribution in [0.3, 0.4) is 0 Å². The highest BCUT2D eigenvalue weighted by molar-refractivity contribution is 7.87. The molecule has 1 saturated heterocycles. The minimum absolute atomic E-state index is 0.0198. The Hall–Kier alpha value is -1.41. The third-order valence-corrected chi connectivity index (χ3v) is 7.21. The van der Waals surface area contributed by atoms with Crippen LogP contribution in [-0.4, -0.2) is 43.9 Å². The van der Waals surface area contributed by atoms with E-state index in [2.05, 4.69) is 6.58 Å². The van der Waals surface area contributed by atoms with Gasteiger partial charge in [-0.15, -0.1) is 0 Å². The van der Waals surface area contributed by atoms with E-state index in [1.807, 2.05) is 20.8 Å². The average molecular weight is 372 g/mol. The van der Waals surface area contributed by atoms with Crippen molar-refractivity contribution in [3.05, 3.63) is 12.2 Å². The van der Waals surface area contributed by atoms with Gasteiger partial charge < -0.3 is 9.47 Å². The Morgan fingerprint density at radius 2 is 1.88 bits per heavy atom. The third kappa shape index (κ3) is 3.10. The molecule has 0 N–H and O–H groups in total. The first kappa shape index (κ1) is 18.4. The van der Waals surface area contributed by atoms with Crippen LogP contribution in [-0.2, 0) is 33.4 Å². The lowest BCUT2D eigenvalue weighted by molar-refractivity contribution is -0.173. The molecule has 2 aliphatic carbocycles. The first-order valence-corrected chi connectivity index (χ1v) is 9.92. The number of esters is 2. The Kier molecular flexibility index (Phi) is 4.27. The van der Waals surface area contributed by atoms with Crippen LogP contribution in [0.5, 0.6) is 0 Å². The molecule has 0 radical (unpaired) electrons. The van der Waals surface area contributed by atoms with Crippen LogP contribution >= 0.6 is 0 Å². The second kappa shape index (κ2) is 5.81. The number of fused-ring (bicyclic) bond motifs is 1. The third-order valence-electron chi connectivity index (χ3n) is 5.43. The molecule has 7 nitrogen and oxygen atoms in total. The summed E-state index contributed by atoms with van der Waals surface area (Å²) in [5.74, 6) is -1.47. The highest BCUT2D eigenvalue weighted by Gasteiger charge is 2.65. The van der Waals surface area contributed by atoms with E-state index in [9.17, 15) is 18.0 Å². The molecule has 6 atom stereocenters. The normalized spacial score (nSPS) is 36.1. The monoisotopic (exact) mass is 372 g/mol. The standard InChI is InChI=1S/C17H24O7S/c1-8(17(3,4)5)15(18)22-9(2)16(19)23-13-10-6-11-12(7-10)25(20,21)24-14(11)13/h9-14H,1,6-7H2,2-5H3. The Bertz CT molecular complexity index is 718. The van der Waals surface area contributed by atoms with E-state index in [1.54, 1.807) is 0 Å². The van der Waals surface area contributed by atoms with E-state index >= 15 is 0 Å². The van der Waals surface area contributed by atoms with Gasteiger partial charge in [0.15, 0.2) is 6.10 Å². The van der Waals surface area contributed by atoms with Crippen molar-refractivity contribution in [1.29, 1.82) is 0 Å². The number of carbonyl (C=O) groups is 2. The minimum Gasteiger partial charge on any atom is -0.457 e. The minimum atomic E-state index is -3.56. The van der Waals surface area contributed by atoms with E-state index in [-0.39, 0.29) is 17.4 Å². The average Bonchev–Trinajstić information content (AvgIpc) is 3.09. The van der Waals surface area contributed by atoms with Gasteiger partial charge in [-0.1, -0.05) is 27.4 Å². The maximum Gasteiger partial charge on any atom is 0.347 e. The molecule has 8 heteroatoms. The van der Waals surface area contributed by atoms with Gasteiger partial charge in [0, 0.05) is 17.4 Å². The molecule has 2 bridgehead atoms. The second-order valence-electron chi connectivity index (χ2n) is 8.17. The molecular weight excluding hydrogens is 348 g/mol. The van der Waals surface area contributed by atoms with E-state index in [0.29, 0.717) is 12.8 Å². The zero-order valence-corrected chi connectivity index (χ0v) is 15.7. The molecule has 6 unspecified atom stereocenters. The van der Waals surface area contributed by atoms with Gasteiger partial charge in [-0.05, 0) is 25.2 Å². The predicted molar refractivity (Wildman–Crippen MR) is 87.8 cm³/mol. The lowest BCUT2D eigenvalue weighted by Crippen LogP contribution is -2.40. The fourth-order valence-electron chi connectivity index (χ4n) is 3.86. The van der Waals surface area contributed by atoms with Crippen molar-refractivity contribution in [3.8, 4) is 0 Å². The van der Waals surface area contributed by atoms with Crippen molar-refractivity contribution < 1.29 is 31.7 Å². The summed E-state index contributed by atoms with van der Waals surface area (Å²) in [7, 11) is -3.56. The molecule has 0 aromatic heterocycles. The number of ether oxygens (including phenoxy) is 2. The molecule has 3 rings (SSSR count). The lowest BCUT2D eigenvalue weighted by Gasteiger charge is -2.26. The summed E-state index contributed by atoms with van der Waals surface area (Å²) < 4.78 is 39.6. The molecule has 1 aliphatic heterocycles. The molecule has 140 valence electrons. The number of hydrogen-bond acceptors (Lipinski definition) is 7. The lowest BCUT2D eigenvalue weighted by atomic mass is 9.88. The van der Waals surface area contributed by atoms with Gasteiger partial charge in [0.2, 0.25) is 0 Å². The topological polar surface area (TPSA) is 96.0 Å². The Morgan fingerprint density at radius 1 is 1.24 bits per heavy atom. The molecule has 0 spiro atoms. The van der Waals surface area contributed by atoms with Crippen molar-refractivity contribution in [1.82, 2.24) is 0 Å². The Balaban J connectivity index is 1.60.